The van der Waals surface area contributed by atoms with E-state index in [1.807, 2.05) is 0 Å². The molecule has 1 fully saturated rings. The predicted molar refractivity (Wildman–Crippen MR) is 74.5 cm³/mol. The molecule has 0 bridgehead atoms. The third-order valence-electron chi connectivity index (χ3n) is 3.17. The van der Waals surface area contributed by atoms with Crippen LogP contribution >= 0.6 is 0 Å². The van der Waals surface area contributed by atoms with E-state index in [1.54, 1.807) is 0 Å². The van der Waals surface area contributed by atoms with Crippen molar-refractivity contribution < 1.29 is 17.4 Å². The van der Waals surface area contributed by atoms with E-state index in [-0.39, 0.29) is 17.6 Å². The Labute approximate surface area is 112 Å². The molecule has 1 heterocycles. The van der Waals surface area contributed by atoms with Crippen LogP contribution < -0.4 is 0 Å². The normalized spacial score (nSPS) is 24.7. The lowest BCUT2D eigenvalue weighted by Gasteiger charge is -2.39. The lowest BCUT2D eigenvalue weighted by atomic mass is 9.84. The highest BCUT2D eigenvalue weighted by molar-refractivity contribution is 7.83. The predicted octanol–water partition coefficient (Wildman–Crippen LogP) is 1.67. The highest BCUT2D eigenvalue weighted by Crippen LogP contribution is 2.34. The molecule has 1 N–H and O–H groups in total. The summed E-state index contributed by atoms with van der Waals surface area (Å²) < 4.78 is 39.3. The van der Waals surface area contributed by atoms with Gasteiger partial charge in [-0.2, -0.15) is 12.7 Å². The average molecular weight is 295 g/mol. The number of nitrogens with zero attached hydrogens (tertiary/aromatic N) is 1. The first-order chi connectivity index (χ1) is 8.03. The Morgan fingerprint density at radius 1 is 1.39 bits per heavy atom. The smallest absolute Gasteiger partial charge is 0.336 e. The van der Waals surface area contributed by atoms with E-state index in [0.29, 0.717) is 6.54 Å². The standard InChI is InChI=1S/C11H25NO4SSi/c1-11(2,3)10(16-18(4)5)9-7-6-8-12(9)17(13,14)15/h9-10,18H,6-8H2,1-5H3,(H,13,14,15)/t9-,10?/m0/s1. The molecule has 0 saturated carbocycles. The van der Waals surface area contributed by atoms with E-state index >= 15 is 0 Å². The first-order valence-electron chi connectivity index (χ1n) is 6.43. The molecule has 1 unspecified atom stereocenters. The largest absolute Gasteiger partial charge is 0.416 e. The zero-order valence-corrected chi connectivity index (χ0v) is 13.9. The van der Waals surface area contributed by atoms with Crippen LogP contribution in [0, 0.1) is 5.41 Å². The van der Waals surface area contributed by atoms with Crippen molar-refractivity contribution in [1.82, 2.24) is 4.31 Å². The van der Waals surface area contributed by atoms with Crippen molar-refractivity contribution in [3.05, 3.63) is 0 Å². The first kappa shape index (κ1) is 16.1. The fourth-order valence-corrected chi connectivity index (χ4v) is 4.61. The van der Waals surface area contributed by atoms with Crippen LogP contribution in [0.5, 0.6) is 0 Å². The lowest BCUT2D eigenvalue weighted by Crippen LogP contribution is -2.50. The Kier molecular flexibility index (Phi) is 4.99. The van der Waals surface area contributed by atoms with Crippen molar-refractivity contribution in [2.24, 2.45) is 5.41 Å². The van der Waals surface area contributed by atoms with Crippen LogP contribution in [0.25, 0.3) is 0 Å². The molecule has 5 nitrogen and oxygen atoms in total. The molecule has 0 aromatic rings. The molecule has 2 atom stereocenters. The van der Waals surface area contributed by atoms with Crippen molar-refractivity contribution in [3.63, 3.8) is 0 Å². The molecular weight excluding hydrogens is 270 g/mol. The van der Waals surface area contributed by atoms with Crippen LogP contribution in [0.1, 0.15) is 33.6 Å². The van der Waals surface area contributed by atoms with Gasteiger partial charge in [0, 0.05) is 6.54 Å². The zero-order chi connectivity index (χ0) is 14.1. The van der Waals surface area contributed by atoms with E-state index in [2.05, 4.69) is 33.9 Å². The molecule has 0 aromatic heterocycles. The second kappa shape index (κ2) is 5.58. The summed E-state index contributed by atoms with van der Waals surface area (Å²) in [6, 6.07) is -0.241. The molecule has 18 heavy (non-hydrogen) atoms. The highest BCUT2D eigenvalue weighted by atomic mass is 32.2. The quantitative estimate of drug-likeness (QED) is 0.633. The average Bonchev–Trinajstić information content (AvgIpc) is 2.58. The fraction of sp³-hybridized carbons (Fsp3) is 1.00. The first-order valence-corrected chi connectivity index (χ1v) is 10.6. The number of rotatable bonds is 4. The number of hydrogen-bond donors (Lipinski definition) is 1. The Balaban J connectivity index is 2.98. The van der Waals surface area contributed by atoms with E-state index < -0.39 is 19.3 Å². The fourth-order valence-electron chi connectivity index (χ4n) is 2.52. The van der Waals surface area contributed by atoms with Gasteiger partial charge in [0.05, 0.1) is 12.1 Å². The van der Waals surface area contributed by atoms with Crippen LogP contribution in [-0.4, -0.2) is 45.0 Å². The van der Waals surface area contributed by atoms with Crippen LogP contribution in [0.3, 0.4) is 0 Å². The van der Waals surface area contributed by atoms with Gasteiger partial charge in [0.15, 0.2) is 9.04 Å². The van der Waals surface area contributed by atoms with Gasteiger partial charge in [-0.15, -0.1) is 0 Å². The molecule has 0 aromatic carbocycles. The van der Waals surface area contributed by atoms with E-state index in [9.17, 15) is 13.0 Å². The molecule has 108 valence electrons. The topological polar surface area (TPSA) is 66.8 Å². The molecule has 0 aliphatic carbocycles. The van der Waals surface area contributed by atoms with Crippen molar-refractivity contribution in [2.45, 2.75) is 58.9 Å². The van der Waals surface area contributed by atoms with Gasteiger partial charge in [-0.3, -0.25) is 4.55 Å². The highest BCUT2D eigenvalue weighted by Gasteiger charge is 2.43. The summed E-state index contributed by atoms with van der Waals surface area (Å²) in [5.74, 6) is 0. The molecule has 0 radical (unpaired) electrons. The van der Waals surface area contributed by atoms with E-state index in [1.165, 1.54) is 4.31 Å². The van der Waals surface area contributed by atoms with E-state index in [4.69, 9.17) is 4.43 Å². The molecule has 1 saturated heterocycles. The molecule has 1 aliphatic rings. The summed E-state index contributed by atoms with van der Waals surface area (Å²) in [4.78, 5) is 0. The van der Waals surface area contributed by atoms with Gasteiger partial charge in [-0.25, -0.2) is 0 Å². The molecule has 0 amide bonds. The second-order valence-corrected chi connectivity index (χ2v) is 10.0. The molecule has 0 spiro atoms. The molecular formula is C11H25NO4SSi. The molecule has 1 rings (SSSR count). The van der Waals surface area contributed by atoms with Crippen LogP contribution in [0.15, 0.2) is 0 Å². The minimum absolute atomic E-state index is 0.144. The SMILES string of the molecule is C[SiH](C)OC([C@@H]1CCCN1S(=O)(=O)O)C(C)(C)C. The minimum Gasteiger partial charge on any atom is -0.416 e. The maximum Gasteiger partial charge on any atom is 0.336 e. The van der Waals surface area contributed by atoms with Gasteiger partial charge in [0.2, 0.25) is 0 Å². The lowest BCUT2D eigenvalue weighted by molar-refractivity contribution is 0.0339. The Morgan fingerprint density at radius 3 is 2.33 bits per heavy atom. The van der Waals surface area contributed by atoms with Gasteiger partial charge in [0.1, 0.15) is 0 Å². The summed E-state index contributed by atoms with van der Waals surface area (Å²) in [5, 5.41) is 0. The summed E-state index contributed by atoms with van der Waals surface area (Å²) >= 11 is 0. The van der Waals surface area contributed by atoms with Crippen molar-refractivity contribution in [1.29, 1.82) is 0 Å². The van der Waals surface area contributed by atoms with Crippen molar-refractivity contribution >= 4 is 19.3 Å². The minimum atomic E-state index is -4.12. The molecule has 1 aliphatic heterocycles. The van der Waals surface area contributed by atoms with Gasteiger partial charge >= 0.3 is 10.3 Å². The van der Waals surface area contributed by atoms with Gasteiger partial charge < -0.3 is 4.43 Å². The number of hydrogen-bond acceptors (Lipinski definition) is 3. The van der Waals surface area contributed by atoms with Gasteiger partial charge in [-0.1, -0.05) is 20.8 Å². The Bertz CT molecular complexity index is 377. The van der Waals surface area contributed by atoms with Crippen LogP contribution in [0.2, 0.25) is 13.1 Å². The Morgan fingerprint density at radius 2 is 1.94 bits per heavy atom. The monoisotopic (exact) mass is 295 g/mol. The Hall–Kier alpha value is 0.0469. The van der Waals surface area contributed by atoms with E-state index in [0.717, 1.165) is 12.8 Å². The summed E-state index contributed by atoms with van der Waals surface area (Å²) in [7, 11) is -5.39. The molecule has 7 heteroatoms. The second-order valence-electron chi connectivity index (χ2n) is 6.27. The maximum atomic E-state index is 11.4. The maximum absolute atomic E-state index is 11.4. The van der Waals surface area contributed by atoms with Crippen molar-refractivity contribution in [2.75, 3.05) is 6.54 Å². The van der Waals surface area contributed by atoms with Crippen LogP contribution in [0.4, 0.5) is 0 Å². The van der Waals surface area contributed by atoms with Gasteiger partial charge in [-0.05, 0) is 31.4 Å². The summed E-state index contributed by atoms with van der Waals surface area (Å²) in [6.45, 7) is 10.7. The van der Waals surface area contributed by atoms with Crippen LogP contribution in [-0.2, 0) is 14.7 Å². The van der Waals surface area contributed by atoms with Gasteiger partial charge in [0.25, 0.3) is 0 Å². The third-order valence-corrected chi connectivity index (χ3v) is 5.05. The third kappa shape index (κ3) is 4.02. The van der Waals surface area contributed by atoms with Crippen molar-refractivity contribution in [3.8, 4) is 0 Å². The summed E-state index contributed by atoms with van der Waals surface area (Å²) in [6.07, 6.45) is 1.37. The summed E-state index contributed by atoms with van der Waals surface area (Å²) in [5.41, 5.74) is -0.144. The zero-order valence-electron chi connectivity index (χ0n) is 11.9.